The summed E-state index contributed by atoms with van der Waals surface area (Å²) in [4.78, 5) is 11.7. The van der Waals surface area contributed by atoms with Crippen LogP contribution in [0.25, 0.3) is 22.3 Å². The van der Waals surface area contributed by atoms with E-state index in [0.717, 1.165) is 28.1 Å². The molecule has 0 saturated heterocycles. The molecule has 2 heterocycles. The van der Waals surface area contributed by atoms with Crippen LogP contribution in [0.3, 0.4) is 0 Å². The van der Waals surface area contributed by atoms with Crippen molar-refractivity contribution >= 4 is 11.0 Å². The quantitative estimate of drug-likeness (QED) is 0.668. The van der Waals surface area contributed by atoms with Crippen molar-refractivity contribution in [2.75, 3.05) is 0 Å². The highest BCUT2D eigenvalue weighted by molar-refractivity contribution is 5.81. The molecule has 0 fully saturated rings. The predicted octanol–water partition coefficient (Wildman–Crippen LogP) is 2.73. The molecule has 0 aliphatic carbocycles. The van der Waals surface area contributed by atoms with E-state index in [9.17, 15) is 0 Å². The van der Waals surface area contributed by atoms with Gasteiger partial charge in [0.15, 0.2) is 0 Å². The molecule has 0 unspecified atom stereocenters. The minimum atomic E-state index is 0.742. The van der Waals surface area contributed by atoms with Crippen molar-refractivity contribution in [3.05, 3.63) is 48.4 Å². The number of hydrogen-bond acceptors (Lipinski definition) is 2. The lowest BCUT2D eigenvalue weighted by Gasteiger charge is -1.94. The topological polar surface area (TPSA) is 41.6 Å². The number of aromatic nitrogens is 3. The molecule has 1 radical (unpaired) electrons. The fourth-order valence-electron chi connectivity index (χ4n) is 1.73. The zero-order valence-electron chi connectivity index (χ0n) is 8.86. The summed E-state index contributed by atoms with van der Waals surface area (Å²) in [6.45, 7) is 1.87. The molecule has 0 bridgehead atoms. The Kier molecular flexibility index (Phi) is 1.96. The number of nitrogens with one attached hydrogen (secondary N) is 1. The van der Waals surface area contributed by atoms with Crippen molar-refractivity contribution in [3.8, 4) is 11.3 Å². The molecule has 0 saturated carbocycles. The molecular formula is C13H10N3. The van der Waals surface area contributed by atoms with E-state index in [1.807, 2.05) is 31.2 Å². The van der Waals surface area contributed by atoms with Gasteiger partial charge in [-0.05, 0) is 18.6 Å². The van der Waals surface area contributed by atoms with Gasteiger partial charge in [-0.15, -0.1) is 0 Å². The van der Waals surface area contributed by atoms with E-state index < -0.39 is 0 Å². The van der Waals surface area contributed by atoms with E-state index in [4.69, 9.17) is 0 Å². The summed E-state index contributed by atoms with van der Waals surface area (Å²) in [5.41, 5.74) is 3.95. The van der Waals surface area contributed by atoms with Gasteiger partial charge >= 0.3 is 0 Å². The number of H-pyrrole nitrogens is 1. The highest BCUT2D eigenvalue weighted by Crippen LogP contribution is 2.21. The van der Waals surface area contributed by atoms with Gasteiger partial charge in [-0.25, -0.2) is 9.97 Å². The highest BCUT2D eigenvalue weighted by atomic mass is 14.9. The minimum Gasteiger partial charge on any atom is -0.351 e. The molecule has 3 nitrogen and oxygen atoms in total. The molecule has 2 aromatic heterocycles. The second-order valence-corrected chi connectivity index (χ2v) is 3.69. The molecule has 0 aliphatic heterocycles. The molecule has 16 heavy (non-hydrogen) atoms. The predicted molar refractivity (Wildman–Crippen MR) is 62.9 cm³/mol. The third kappa shape index (κ3) is 1.46. The lowest BCUT2D eigenvalue weighted by molar-refractivity contribution is 1.08. The number of fused-ring (bicyclic) bond motifs is 1. The smallest absolute Gasteiger partial charge is 0.126 e. The average molecular weight is 208 g/mol. The number of aromatic amines is 1. The molecule has 0 atom stereocenters. The van der Waals surface area contributed by atoms with E-state index in [0.29, 0.717) is 0 Å². The van der Waals surface area contributed by atoms with Crippen LogP contribution in [-0.4, -0.2) is 15.0 Å². The van der Waals surface area contributed by atoms with Crippen LogP contribution in [0.4, 0.5) is 0 Å². The van der Waals surface area contributed by atoms with E-state index in [1.165, 1.54) is 0 Å². The summed E-state index contributed by atoms with van der Waals surface area (Å²) in [7, 11) is 0. The van der Waals surface area contributed by atoms with Gasteiger partial charge in [0, 0.05) is 5.69 Å². The van der Waals surface area contributed by atoms with Gasteiger partial charge in [0.25, 0.3) is 0 Å². The minimum absolute atomic E-state index is 0.742. The van der Waals surface area contributed by atoms with Crippen LogP contribution in [0, 0.1) is 13.1 Å². The summed E-state index contributed by atoms with van der Waals surface area (Å²) in [6, 6.07) is 12.2. The van der Waals surface area contributed by atoms with Gasteiger partial charge in [0.1, 0.15) is 12.0 Å². The lowest BCUT2D eigenvalue weighted by Crippen LogP contribution is -1.85. The Balaban J connectivity index is 2.19. The average Bonchev–Trinajstić information content (AvgIpc) is 2.73. The first-order valence-electron chi connectivity index (χ1n) is 5.13. The monoisotopic (exact) mass is 208 g/mol. The number of benzene rings is 1. The number of nitrogens with zero attached hydrogens (tertiary/aromatic N) is 2. The summed E-state index contributed by atoms with van der Waals surface area (Å²) >= 11 is 0. The van der Waals surface area contributed by atoms with Crippen molar-refractivity contribution in [1.82, 2.24) is 15.0 Å². The van der Waals surface area contributed by atoms with Crippen molar-refractivity contribution < 1.29 is 0 Å². The molecule has 77 valence electrons. The molecule has 0 amide bonds. The number of hydrogen-bond donors (Lipinski definition) is 1. The maximum absolute atomic E-state index is 4.35. The first-order chi connectivity index (χ1) is 7.83. The van der Waals surface area contributed by atoms with Crippen LogP contribution in [0.15, 0.2) is 36.4 Å². The molecule has 3 rings (SSSR count). The summed E-state index contributed by atoms with van der Waals surface area (Å²) in [6.07, 6.45) is 2.94. The zero-order valence-corrected chi connectivity index (χ0v) is 8.86. The van der Waals surface area contributed by atoms with Gasteiger partial charge in [-0.1, -0.05) is 30.3 Å². The first-order valence-corrected chi connectivity index (χ1v) is 5.13. The van der Waals surface area contributed by atoms with Crippen LogP contribution in [0.2, 0.25) is 0 Å². The number of aryl methyl sites for hydroxylation is 1. The third-order valence-corrected chi connectivity index (χ3v) is 2.49. The van der Waals surface area contributed by atoms with E-state index in [-0.39, 0.29) is 0 Å². The van der Waals surface area contributed by atoms with Crippen molar-refractivity contribution in [2.24, 2.45) is 0 Å². The molecule has 0 aliphatic rings. The number of rotatable bonds is 1. The Morgan fingerprint density at radius 2 is 2.00 bits per heavy atom. The largest absolute Gasteiger partial charge is 0.351 e. The van der Waals surface area contributed by atoms with Crippen molar-refractivity contribution in [3.63, 3.8) is 0 Å². The Hall–Kier alpha value is -2.16. The maximum atomic E-state index is 4.35. The summed E-state index contributed by atoms with van der Waals surface area (Å²) in [5.74, 6) is 0.742. The SMILES string of the molecule is Cc1n[c]c2[nH]c(-c3ccccc3)cc2n1. The van der Waals surface area contributed by atoms with E-state index in [2.05, 4.69) is 33.3 Å². The highest BCUT2D eigenvalue weighted by Gasteiger charge is 2.04. The van der Waals surface area contributed by atoms with E-state index in [1.54, 1.807) is 0 Å². The second-order valence-electron chi connectivity index (χ2n) is 3.69. The lowest BCUT2D eigenvalue weighted by atomic mass is 10.2. The van der Waals surface area contributed by atoms with Crippen molar-refractivity contribution in [2.45, 2.75) is 6.92 Å². The Labute approximate surface area is 93.2 Å². The Morgan fingerprint density at radius 1 is 1.19 bits per heavy atom. The molecule has 3 aromatic rings. The molecule has 1 N–H and O–H groups in total. The van der Waals surface area contributed by atoms with Crippen molar-refractivity contribution in [1.29, 1.82) is 0 Å². The Bertz CT molecular complexity index is 626. The summed E-state index contributed by atoms with van der Waals surface area (Å²) < 4.78 is 0. The fraction of sp³-hybridized carbons (Fsp3) is 0.0769. The first kappa shape index (κ1) is 9.09. The normalized spacial score (nSPS) is 10.8. The van der Waals surface area contributed by atoms with E-state index >= 15 is 0 Å². The standard InChI is InChI=1S/C13H10N3/c1-9-14-8-13-12(15-9)7-11(16-13)10-5-3-2-4-6-10/h2-7,16H,1H3. The summed E-state index contributed by atoms with van der Waals surface area (Å²) in [5, 5.41) is 0. The zero-order chi connectivity index (χ0) is 11.0. The van der Waals surface area contributed by atoms with Crippen LogP contribution in [0.5, 0.6) is 0 Å². The second kappa shape index (κ2) is 3.45. The van der Waals surface area contributed by atoms with Crippen LogP contribution >= 0.6 is 0 Å². The van der Waals surface area contributed by atoms with Gasteiger partial charge in [0.05, 0.1) is 11.0 Å². The fourth-order valence-corrected chi connectivity index (χ4v) is 1.73. The van der Waals surface area contributed by atoms with Crippen LogP contribution < -0.4 is 0 Å². The molecule has 0 spiro atoms. The van der Waals surface area contributed by atoms with Gasteiger partial charge in [-0.2, -0.15) is 0 Å². The Morgan fingerprint density at radius 3 is 2.81 bits per heavy atom. The molecule has 1 aromatic carbocycles. The van der Waals surface area contributed by atoms with Gasteiger partial charge in [-0.3, -0.25) is 0 Å². The molecule has 3 heteroatoms. The van der Waals surface area contributed by atoms with Crippen LogP contribution in [-0.2, 0) is 0 Å². The maximum Gasteiger partial charge on any atom is 0.126 e. The third-order valence-electron chi connectivity index (χ3n) is 2.49. The van der Waals surface area contributed by atoms with Gasteiger partial charge < -0.3 is 4.98 Å². The van der Waals surface area contributed by atoms with Crippen LogP contribution in [0.1, 0.15) is 5.82 Å². The molecular weight excluding hydrogens is 198 g/mol. The van der Waals surface area contributed by atoms with Gasteiger partial charge in [0.2, 0.25) is 0 Å².